The Kier molecular flexibility index (Phi) is 6.54. The lowest BCUT2D eigenvalue weighted by Gasteiger charge is -2.36. The number of halogens is 3. The monoisotopic (exact) mass is 507 g/mol. The van der Waals surface area contributed by atoms with E-state index >= 15 is 0 Å². The van der Waals surface area contributed by atoms with Gasteiger partial charge in [-0.25, -0.2) is 4.39 Å². The molecule has 0 saturated carbocycles. The van der Waals surface area contributed by atoms with Crippen LogP contribution in [0.1, 0.15) is 16.1 Å². The number of carbonyl (C=O) groups excluding carboxylic acids is 1. The summed E-state index contributed by atoms with van der Waals surface area (Å²) in [5.41, 5.74) is 4.22. The molecule has 0 aliphatic carbocycles. The highest BCUT2D eigenvalue weighted by atomic mass is 35.5. The Morgan fingerprint density at radius 2 is 1.46 bits per heavy atom. The Bertz CT molecular complexity index is 1380. The van der Waals surface area contributed by atoms with Crippen LogP contribution in [-0.2, 0) is 0 Å². The molecule has 0 bridgehead atoms. The standard InChI is InChI=1S/C28H24Cl2FN3O/c1-19-22(28(35)33-16-14-32(15-17-33)25-8-4-2-6-23(25)30)18-27(20-10-12-21(29)13-11-20)34(19)26-9-5-3-7-24(26)31/h2-13,18H,14-17H2,1H3. The van der Waals surface area contributed by atoms with Gasteiger partial charge in [0, 0.05) is 36.9 Å². The average Bonchev–Trinajstić information content (AvgIpc) is 3.21. The molecule has 1 amide bonds. The van der Waals surface area contributed by atoms with Crippen LogP contribution in [-0.4, -0.2) is 41.6 Å². The van der Waals surface area contributed by atoms with Crippen LogP contribution in [0.3, 0.4) is 0 Å². The number of benzene rings is 3. The normalized spacial score (nSPS) is 13.8. The van der Waals surface area contributed by atoms with Gasteiger partial charge in [-0.1, -0.05) is 59.6 Å². The van der Waals surface area contributed by atoms with Crippen molar-refractivity contribution in [3.63, 3.8) is 0 Å². The lowest BCUT2D eigenvalue weighted by molar-refractivity contribution is 0.0746. The molecule has 1 aliphatic rings. The zero-order chi connectivity index (χ0) is 24.5. The summed E-state index contributed by atoms with van der Waals surface area (Å²) < 4.78 is 16.7. The highest BCUT2D eigenvalue weighted by Crippen LogP contribution is 2.32. The van der Waals surface area contributed by atoms with Crippen LogP contribution in [0.25, 0.3) is 16.9 Å². The van der Waals surface area contributed by atoms with Gasteiger partial charge in [0.25, 0.3) is 5.91 Å². The number of amides is 1. The van der Waals surface area contributed by atoms with Gasteiger partial charge in [-0.3, -0.25) is 4.79 Å². The molecule has 3 aromatic carbocycles. The van der Waals surface area contributed by atoms with Gasteiger partial charge in [-0.15, -0.1) is 0 Å². The molecule has 178 valence electrons. The lowest BCUT2D eigenvalue weighted by Crippen LogP contribution is -2.49. The highest BCUT2D eigenvalue weighted by molar-refractivity contribution is 6.33. The van der Waals surface area contributed by atoms with Gasteiger partial charge in [-0.2, -0.15) is 0 Å². The summed E-state index contributed by atoms with van der Waals surface area (Å²) in [7, 11) is 0. The molecule has 0 unspecified atom stereocenters. The van der Waals surface area contributed by atoms with E-state index < -0.39 is 0 Å². The van der Waals surface area contributed by atoms with E-state index in [1.165, 1.54) is 6.07 Å². The Labute approximate surface area is 214 Å². The van der Waals surface area contributed by atoms with E-state index in [2.05, 4.69) is 4.90 Å². The van der Waals surface area contributed by atoms with Crippen molar-refractivity contribution in [2.45, 2.75) is 6.92 Å². The smallest absolute Gasteiger partial charge is 0.255 e. The molecule has 4 nitrogen and oxygen atoms in total. The molecule has 1 aromatic heterocycles. The van der Waals surface area contributed by atoms with Crippen LogP contribution in [0.4, 0.5) is 10.1 Å². The fraction of sp³-hybridized carbons (Fsp3) is 0.179. The molecular formula is C28H24Cl2FN3O. The van der Waals surface area contributed by atoms with E-state index in [0.717, 1.165) is 16.9 Å². The van der Waals surface area contributed by atoms with E-state index in [4.69, 9.17) is 23.2 Å². The van der Waals surface area contributed by atoms with E-state index in [1.54, 1.807) is 30.3 Å². The quantitative estimate of drug-likeness (QED) is 0.301. The third-order valence-electron chi connectivity index (χ3n) is 6.47. The van der Waals surface area contributed by atoms with E-state index in [-0.39, 0.29) is 11.7 Å². The van der Waals surface area contributed by atoms with E-state index in [9.17, 15) is 9.18 Å². The van der Waals surface area contributed by atoms with Gasteiger partial charge < -0.3 is 14.4 Å². The number of anilines is 1. The maximum atomic E-state index is 14.9. The molecule has 0 atom stereocenters. The zero-order valence-corrected chi connectivity index (χ0v) is 20.7. The van der Waals surface area contributed by atoms with Crippen molar-refractivity contribution in [3.05, 3.63) is 106 Å². The second-order valence-corrected chi connectivity index (χ2v) is 9.40. The van der Waals surface area contributed by atoms with Gasteiger partial charge in [0.2, 0.25) is 0 Å². The molecule has 1 aliphatic heterocycles. The minimum atomic E-state index is -0.353. The topological polar surface area (TPSA) is 28.5 Å². The summed E-state index contributed by atoms with van der Waals surface area (Å²) >= 11 is 12.5. The second-order valence-electron chi connectivity index (χ2n) is 8.55. The number of piperazine rings is 1. The van der Waals surface area contributed by atoms with Crippen molar-refractivity contribution in [2.75, 3.05) is 31.1 Å². The SMILES string of the molecule is Cc1c(C(=O)N2CCN(c3ccccc3Cl)CC2)cc(-c2ccc(Cl)cc2)n1-c1ccccc1F. The fourth-order valence-electron chi connectivity index (χ4n) is 4.63. The number of aromatic nitrogens is 1. The first-order valence-electron chi connectivity index (χ1n) is 11.5. The number of hydrogen-bond donors (Lipinski definition) is 0. The van der Waals surface area contributed by atoms with Crippen LogP contribution >= 0.6 is 23.2 Å². The Hall–Kier alpha value is -3.28. The number of carbonyl (C=O) groups is 1. The minimum Gasteiger partial charge on any atom is -0.367 e. The van der Waals surface area contributed by atoms with Gasteiger partial charge in [-0.05, 0) is 55.0 Å². The molecule has 0 spiro atoms. The van der Waals surface area contributed by atoms with Crippen molar-refractivity contribution >= 4 is 34.8 Å². The summed E-state index contributed by atoms with van der Waals surface area (Å²) in [6.45, 7) is 4.38. The van der Waals surface area contributed by atoms with Crippen LogP contribution in [0.2, 0.25) is 10.0 Å². The number of para-hydroxylation sites is 2. The Morgan fingerprint density at radius 1 is 0.829 bits per heavy atom. The third kappa shape index (κ3) is 4.54. The lowest BCUT2D eigenvalue weighted by atomic mass is 10.1. The maximum Gasteiger partial charge on any atom is 0.255 e. The molecule has 35 heavy (non-hydrogen) atoms. The highest BCUT2D eigenvalue weighted by Gasteiger charge is 2.27. The van der Waals surface area contributed by atoms with Gasteiger partial charge in [0.05, 0.1) is 27.7 Å². The second kappa shape index (κ2) is 9.76. The molecule has 0 N–H and O–H groups in total. The minimum absolute atomic E-state index is 0.0633. The van der Waals surface area contributed by atoms with Crippen molar-refractivity contribution in [2.24, 2.45) is 0 Å². The fourth-order valence-corrected chi connectivity index (χ4v) is 5.01. The molecule has 0 radical (unpaired) electrons. The predicted octanol–water partition coefficient (Wildman–Crippen LogP) is 6.86. The van der Waals surface area contributed by atoms with Gasteiger partial charge >= 0.3 is 0 Å². The summed E-state index contributed by atoms with van der Waals surface area (Å²) in [5.74, 6) is -0.416. The average molecular weight is 508 g/mol. The van der Waals surface area contributed by atoms with Crippen LogP contribution in [0, 0.1) is 12.7 Å². The van der Waals surface area contributed by atoms with Crippen molar-refractivity contribution in [1.29, 1.82) is 0 Å². The molecule has 2 heterocycles. The Morgan fingerprint density at radius 3 is 2.11 bits per heavy atom. The summed E-state index contributed by atoms with van der Waals surface area (Å²) in [6.07, 6.45) is 0. The third-order valence-corrected chi connectivity index (χ3v) is 7.04. The molecule has 1 fully saturated rings. The largest absolute Gasteiger partial charge is 0.367 e. The molecule has 1 saturated heterocycles. The number of rotatable bonds is 4. The van der Waals surface area contributed by atoms with Crippen molar-refractivity contribution in [1.82, 2.24) is 9.47 Å². The van der Waals surface area contributed by atoms with Crippen LogP contribution in [0.5, 0.6) is 0 Å². The van der Waals surface area contributed by atoms with Gasteiger partial charge in [0.15, 0.2) is 0 Å². The van der Waals surface area contributed by atoms with Gasteiger partial charge in [0.1, 0.15) is 5.82 Å². The van der Waals surface area contributed by atoms with Crippen LogP contribution < -0.4 is 4.90 Å². The first-order chi connectivity index (χ1) is 16.9. The first kappa shape index (κ1) is 23.5. The first-order valence-corrected chi connectivity index (χ1v) is 12.2. The predicted molar refractivity (Wildman–Crippen MR) is 140 cm³/mol. The van der Waals surface area contributed by atoms with Crippen molar-refractivity contribution in [3.8, 4) is 16.9 Å². The zero-order valence-electron chi connectivity index (χ0n) is 19.2. The number of nitrogens with zero attached hydrogens (tertiary/aromatic N) is 3. The summed E-state index contributed by atoms with van der Waals surface area (Å²) in [5, 5.41) is 1.32. The Balaban J connectivity index is 1.48. The number of hydrogen-bond acceptors (Lipinski definition) is 2. The van der Waals surface area contributed by atoms with Crippen LogP contribution in [0.15, 0.2) is 78.9 Å². The molecular weight excluding hydrogens is 484 g/mol. The summed E-state index contributed by atoms with van der Waals surface area (Å²) in [6, 6.07) is 23.5. The summed E-state index contributed by atoms with van der Waals surface area (Å²) in [4.78, 5) is 17.7. The molecule has 4 aromatic rings. The van der Waals surface area contributed by atoms with E-state index in [1.807, 2.05) is 58.9 Å². The van der Waals surface area contributed by atoms with Crippen molar-refractivity contribution < 1.29 is 9.18 Å². The molecule has 7 heteroatoms. The molecule has 5 rings (SSSR count). The maximum absolute atomic E-state index is 14.9. The van der Waals surface area contributed by atoms with E-state index in [0.29, 0.717) is 53.2 Å².